The van der Waals surface area contributed by atoms with Crippen LogP contribution in [0.5, 0.6) is 0 Å². The van der Waals surface area contributed by atoms with Crippen LogP contribution < -0.4 is 10.6 Å². The highest BCUT2D eigenvalue weighted by Crippen LogP contribution is 2.29. The number of benzene rings is 1. The van der Waals surface area contributed by atoms with Crippen molar-refractivity contribution in [3.63, 3.8) is 0 Å². The minimum Gasteiger partial charge on any atom is -0.389 e. The maximum absolute atomic E-state index is 13.9. The third-order valence-corrected chi connectivity index (χ3v) is 8.85. The van der Waals surface area contributed by atoms with E-state index in [-0.39, 0.29) is 38.3 Å². The summed E-state index contributed by atoms with van der Waals surface area (Å²) in [5.41, 5.74) is 0.729. The molecule has 0 saturated heterocycles. The molecule has 49 heavy (non-hydrogen) atoms. The second-order valence-corrected chi connectivity index (χ2v) is 12.9. The predicted molar refractivity (Wildman–Crippen MR) is 181 cm³/mol. The molecule has 1 aliphatic rings. The minimum absolute atomic E-state index is 0.0113. The standard InChI is InChI=1S/C37H49F3N4O5/c1-6-15-31(45)34(47)30(23-27-18-13-10-14-19-27)41-36(49)33(28(7-2)8-3)42-35(48)29(22-26-16-11-9-12-17-26)24-32(46)44(5)21-20-43(4)25-37(38,39)40/h1-3,9,11-12,16-17,27-31,33-34,45,47H,10,13-15,18-25H2,4-5H3,(H,41,49)(H,42,48)/t29-,30+,31+,33+,34-/m1/s1. The largest absolute Gasteiger partial charge is 0.401 e. The van der Waals surface area contributed by atoms with E-state index >= 15 is 0 Å². The third kappa shape index (κ3) is 14.6. The van der Waals surface area contributed by atoms with Gasteiger partial charge in [-0.2, -0.15) is 13.2 Å². The zero-order valence-corrected chi connectivity index (χ0v) is 28.3. The van der Waals surface area contributed by atoms with Crippen LogP contribution in [0.4, 0.5) is 13.2 Å². The smallest absolute Gasteiger partial charge is 0.389 e. The van der Waals surface area contributed by atoms with Crippen LogP contribution in [0.2, 0.25) is 0 Å². The zero-order chi connectivity index (χ0) is 36.6. The lowest BCUT2D eigenvalue weighted by Crippen LogP contribution is -2.57. The van der Waals surface area contributed by atoms with Crippen LogP contribution in [0.15, 0.2) is 30.3 Å². The lowest BCUT2D eigenvalue weighted by molar-refractivity contribution is -0.144. The van der Waals surface area contributed by atoms with Crippen molar-refractivity contribution in [2.24, 2.45) is 17.8 Å². The van der Waals surface area contributed by atoms with Crippen molar-refractivity contribution in [3.05, 3.63) is 35.9 Å². The highest BCUT2D eigenvalue weighted by atomic mass is 19.4. The van der Waals surface area contributed by atoms with Crippen LogP contribution in [0.25, 0.3) is 0 Å². The minimum atomic E-state index is -4.39. The highest BCUT2D eigenvalue weighted by molar-refractivity contribution is 5.91. The van der Waals surface area contributed by atoms with E-state index in [2.05, 4.69) is 28.4 Å². The Hall–Kier alpha value is -4.02. The predicted octanol–water partition coefficient (Wildman–Crippen LogP) is 2.76. The molecule has 3 amide bonds. The van der Waals surface area contributed by atoms with Crippen LogP contribution in [-0.4, -0.2) is 102 Å². The number of alkyl halides is 3. The topological polar surface area (TPSA) is 122 Å². The Kier molecular flexibility index (Phi) is 17.2. The summed E-state index contributed by atoms with van der Waals surface area (Å²) in [4.78, 5) is 43.2. The molecule has 0 aliphatic heterocycles. The monoisotopic (exact) mass is 686 g/mol. The summed E-state index contributed by atoms with van der Waals surface area (Å²) in [5.74, 6) is 3.04. The quantitative estimate of drug-likeness (QED) is 0.176. The summed E-state index contributed by atoms with van der Waals surface area (Å²) in [7, 11) is 2.74. The van der Waals surface area contributed by atoms with Crippen LogP contribution in [-0.2, 0) is 20.8 Å². The molecule has 0 heterocycles. The van der Waals surface area contributed by atoms with E-state index in [0.29, 0.717) is 6.42 Å². The number of halogens is 3. The van der Waals surface area contributed by atoms with E-state index in [1.165, 1.54) is 19.0 Å². The van der Waals surface area contributed by atoms with E-state index < -0.39 is 66.6 Å². The number of amides is 3. The van der Waals surface area contributed by atoms with Gasteiger partial charge in [0.15, 0.2) is 0 Å². The zero-order valence-electron chi connectivity index (χ0n) is 28.3. The highest BCUT2D eigenvalue weighted by Gasteiger charge is 2.36. The molecule has 1 aliphatic carbocycles. The molecule has 2 rings (SSSR count). The number of rotatable bonds is 18. The number of carbonyl (C=O) groups excluding carboxylic acids is 3. The molecule has 0 aromatic heterocycles. The molecule has 1 saturated carbocycles. The van der Waals surface area contributed by atoms with E-state index in [9.17, 15) is 37.8 Å². The van der Waals surface area contributed by atoms with Crippen molar-refractivity contribution >= 4 is 17.7 Å². The van der Waals surface area contributed by atoms with Gasteiger partial charge in [0, 0.05) is 33.0 Å². The van der Waals surface area contributed by atoms with Gasteiger partial charge in [-0.3, -0.25) is 19.3 Å². The summed E-state index contributed by atoms with van der Waals surface area (Å²) in [5, 5.41) is 26.9. The molecule has 9 nitrogen and oxygen atoms in total. The number of hydrogen-bond acceptors (Lipinski definition) is 6. The number of terminal acetylenes is 3. The van der Waals surface area contributed by atoms with E-state index in [4.69, 9.17) is 19.3 Å². The molecular weight excluding hydrogens is 637 g/mol. The van der Waals surface area contributed by atoms with Gasteiger partial charge in [-0.15, -0.1) is 25.2 Å². The second kappa shape index (κ2) is 20.5. The average molecular weight is 687 g/mol. The number of aliphatic hydroxyl groups is 2. The second-order valence-electron chi connectivity index (χ2n) is 12.9. The average Bonchev–Trinajstić information content (AvgIpc) is 3.06. The molecule has 12 heteroatoms. The first kappa shape index (κ1) is 41.2. The molecule has 0 radical (unpaired) electrons. The number of carbonyl (C=O) groups is 3. The van der Waals surface area contributed by atoms with E-state index in [1.54, 1.807) is 30.3 Å². The third-order valence-electron chi connectivity index (χ3n) is 8.85. The summed E-state index contributed by atoms with van der Waals surface area (Å²) >= 11 is 0. The van der Waals surface area contributed by atoms with Crippen LogP contribution in [0, 0.1) is 54.8 Å². The molecule has 268 valence electrons. The summed E-state index contributed by atoms with van der Waals surface area (Å²) in [6.45, 7) is -1.19. The van der Waals surface area contributed by atoms with Crippen LogP contribution in [0.3, 0.4) is 0 Å². The molecule has 1 aromatic carbocycles. The Morgan fingerprint density at radius 1 is 0.959 bits per heavy atom. The van der Waals surface area contributed by atoms with Gasteiger partial charge in [-0.1, -0.05) is 74.3 Å². The Morgan fingerprint density at radius 3 is 2.16 bits per heavy atom. The fourth-order valence-corrected chi connectivity index (χ4v) is 6.01. The molecule has 5 atom stereocenters. The molecule has 1 aromatic rings. The van der Waals surface area contributed by atoms with E-state index in [1.807, 2.05) is 0 Å². The number of aliphatic hydroxyl groups excluding tert-OH is 2. The summed E-state index contributed by atoms with van der Waals surface area (Å²) < 4.78 is 38.3. The summed E-state index contributed by atoms with van der Waals surface area (Å²) in [6.07, 6.45) is 14.5. The van der Waals surface area contributed by atoms with Gasteiger partial charge in [0.25, 0.3) is 0 Å². The normalized spacial score (nSPS) is 16.7. The van der Waals surface area contributed by atoms with Gasteiger partial charge in [0.05, 0.1) is 24.6 Å². The van der Waals surface area contributed by atoms with Gasteiger partial charge in [0.2, 0.25) is 17.7 Å². The Labute approximate surface area is 288 Å². The van der Waals surface area contributed by atoms with Crippen LogP contribution in [0.1, 0.15) is 56.9 Å². The molecule has 0 spiro atoms. The lowest BCUT2D eigenvalue weighted by atomic mass is 9.82. The lowest BCUT2D eigenvalue weighted by Gasteiger charge is -2.33. The van der Waals surface area contributed by atoms with Crippen molar-refractivity contribution in [2.75, 3.05) is 33.7 Å². The maximum Gasteiger partial charge on any atom is 0.401 e. The first-order valence-electron chi connectivity index (χ1n) is 16.5. The molecular formula is C37H49F3N4O5. The van der Waals surface area contributed by atoms with Crippen molar-refractivity contribution in [2.45, 2.75) is 88.3 Å². The van der Waals surface area contributed by atoms with Gasteiger partial charge in [-0.25, -0.2) is 0 Å². The number of likely N-dealkylation sites (N-methyl/N-ethyl adjacent to an activating group) is 2. The molecule has 0 bridgehead atoms. The van der Waals surface area contributed by atoms with Crippen molar-refractivity contribution < 1.29 is 37.8 Å². The van der Waals surface area contributed by atoms with Crippen molar-refractivity contribution in [3.8, 4) is 37.0 Å². The Morgan fingerprint density at radius 2 is 1.59 bits per heavy atom. The van der Waals surface area contributed by atoms with Crippen molar-refractivity contribution in [1.82, 2.24) is 20.4 Å². The van der Waals surface area contributed by atoms with Gasteiger partial charge in [0.1, 0.15) is 18.1 Å². The fourth-order valence-electron chi connectivity index (χ4n) is 6.01. The first-order valence-corrected chi connectivity index (χ1v) is 16.5. The molecule has 1 fully saturated rings. The van der Waals surface area contributed by atoms with Gasteiger partial charge >= 0.3 is 6.18 Å². The van der Waals surface area contributed by atoms with Gasteiger partial charge in [-0.05, 0) is 31.4 Å². The Balaban J connectivity index is 2.29. The fraction of sp³-hybridized carbons (Fsp3) is 0.595. The summed E-state index contributed by atoms with van der Waals surface area (Å²) in [6, 6.07) is 6.51. The molecule has 4 N–H and O–H groups in total. The van der Waals surface area contributed by atoms with E-state index in [0.717, 1.165) is 42.6 Å². The van der Waals surface area contributed by atoms with Crippen molar-refractivity contribution in [1.29, 1.82) is 0 Å². The number of nitrogens with zero attached hydrogens (tertiary/aromatic N) is 2. The number of hydrogen-bond donors (Lipinski definition) is 4. The maximum atomic E-state index is 13.9. The molecule has 0 unspecified atom stereocenters. The van der Waals surface area contributed by atoms with Gasteiger partial charge < -0.3 is 25.7 Å². The first-order chi connectivity index (χ1) is 23.2. The Bertz CT molecular complexity index is 1320. The number of nitrogens with one attached hydrogen (secondary N) is 2. The van der Waals surface area contributed by atoms with Crippen LogP contribution >= 0.6 is 0 Å². The SMILES string of the molecule is C#CC[C@H](O)[C@H](O)[C@H](CC1CCCCC1)NC(=O)[C@@H](NC(=O)[C@@H](CC(=O)N(C)CCN(C)CC(F)(F)F)Cc1ccccc1)C(C#C)C#C.